The van der Waals surface area contributed by atoms with Gasteiger partial charge in [0.2, 0.25) is 0 Å². The van der Waals surface area contributed by atoms with Crippen LogP contribution in [0.5, 0.6) is 0 Å². The second-order valence-corrected chi connectivity index (χ2v) is 3.61. The molecule has 0 spiro atoms. The van der Waals surface area contributed by atoms with Crippen molar-refractivity contribution in [3.63, 3.8) is 0 Å². The molecule has 7 nitrogen and oxygen atoms in total. The molecule has 0 amide bonds. The molecule has 1 aromatic rings. The summed E-state index contributed by atoms with van der Waals surface area (Å²) in [5.74, 6) is 0. The van der Waals surface area contributed by atoms with Crippen molar-refractivity contribution in [3.05, 3.63) is 39.4 Å². The van der Waals surface area contributed by atoms with Crippen molar-refractivity contribution in [2.24, 2.45) is 0 Å². The molecule has 18 heavy (non-hydrogen) atoms. The molecule has 2 atom stereocenters. The second kappa shape index (κ2) is 5.86. The maximum Gasteiger partial charge on any atom is 0.270 e. The first-order chi connectivity index (χ1) is 8.49. The van der Waals surface area contributed by atoms with E-state index in [2.05, 4.69) is 0 Å². The number of aliphatic hydroxyl groups excluding tert-OH is 2. The van der Waals surface area contributed by atoms with Crippen molar-refractivity contribution in [3.8, 4) is 6.07 Å². The molecule has 1 rings (SSSR count). The molecule has 1 aromatic carbocycles. The van der Waals surface area contributed by atoms with E-state index in [0.29, 0.717) is 6.29 Å². The van der Waals surface area contributed by atoms with Crippen LogP contribution < -0.4 is 0 Å². The van der Waals surface area contributed by atoms with Crippen molar-refractivity contribution in [2.45, 2.75) is 18.6 Å². The van der Waals surface area contributed by atoms with Gasteiger partial charge in [0, 0.05) is 17.7 Å². The molecule has 0 aliphatic carbocycles. The van der Waals surface area contributed by atoms with E-state index in [9.17, 15) is 25.1 Å². The highest BCUT2D eigenvalue weighted by Gasteiger charge is 2.21. The van der Waals surface area contributed by atoms with Gasteiger partial charge in [0.25, 0.3) is 5.69 Å². The van der Waals surface area contributed by atoms with E-state index in [1.165, 1.54) is 6.07 Å². The van der Waals surface area contributed by atoms with Crippen LogP contribution in [0.2, 0.25) is 0 Å². The smallest absolute Gasteiger partial charge is 0.270 e. The third kappa shape index (κ3) is 3.10. The molecule has 0 heterocycles. The number of nitro benzene ring substituents is 1. The van der Waals surface area contributed by atoms with E-state index < -0.39 is 17.1 Å². The predicted octanol–water partition coefficient (Wildman–Crippen LogP) is 0.715. The normalized spacial score (nSPS) is 13.4. The molecule has 0 saturated heterocycles. The van der Waals surface area contributed by atoms with Crippen LogP contribution in [0.1, 0.15) is 28.4 Å². The summed E-state index contributed by atoms with van der Waals surface area (Å²) in [5, 5.41) is 38.2. The van der Waals surface area contributed by atoms with Gasteiger partial charge in [-0.2, -0.15) is 5.26 Å². The average Bonchev–Trinajstić information content (AvgIpc) is 2.37. The number of aliphatic hydroxyl groups is 2. The molecule has 0 aliphatic heterocycles. The number of benzene rings is 1. The summed E-state index contributed by atoms with van der Waals surface area (Å²) in [5.41, 5.74) is -0.325. The zero-order valence-corrected chi connectivity index (χ0v) is 9.18. The molecule has 2 unspecified atom stereocenters. The lowest BCUT2D eigenvalue weighted by Crippen LogP contribution is -2.17. The van der Waals surface area contributed by atoms with Crippen LogP contribution in [0, 0.1) is 21.4 Å². The Hall–Kier alpha value is -2.30. The van der Waals surface area contributed by atoms with E-state index in [-0.39, 0.29) is 23.2 Å². The molecule has 0 bridgehead atoms. The summed E-state index contributed by atoms with van der Waals surface area (Å²) in [6.45, 7) is 0. The van der Waals surface area contributed by atoms with Gasteiger partial charge in [0.1, 0.15) is 12.4 Å². The summed E-state index contributed by atoms with van der Waals surface area (Å²) in [4.78, 5) is 20.6. The summed E-state index contributed by atoms with van der Waals surface area (Å²) < 4.78 is 0. The Labute approximate surface area is 102 Å². The van der Waals surface area contributed by atoms with Crippen LogP contribution in [-0.2, 0) is 0 Å². The van der Waals surface area contributed by atoms with Gasteiger partial charge in [-0.3, -0.25) is 14.9 Å². The van der Waals surface area contributed by atoms with Crippen LogP contribution in [-0.4, -0.2) is 27.5 Å². The van der Waals surface area contributed by atoms with Crippen molar-refractivity contribution in [1.29, 1.82) is 5.26 Å². The highest BCUT2D eigenvalue weighted by molar-refractivity contribution is 5.76. The van der Waals surface area contributed by atoms with Gasteiger partial charge in [-0.1, -0.05) is 0 Å². The molecule has 0 fully saturated rings. The molecular weight excluding hydrogens is 240 g/mol. The summed E-state index contributed by atoms with van der Waals surface area (Å²) in [6.07, 6.45) is -2.74. The Balaban J connectivity index is 3.15. The monoisotopic (exact) mass is 250 g/mol. The minimum Gasteiger partial charge on any atom is -0.389 e. The van der Waals surface area contributed by atoms with E-state index in [1.807, 2.05) is 0 Å². The first kappa shape index (κ1) is 13.8. The van der Waals surface area contributed by atoms with Gasteiger partial charge >= 0.3 is 0 Å². The fraction of sp³-hybridized carbons (Fsp3) is 0.273. The zero-order chi connectivity index (χ0) is 13.7. The minimum absolute atomic E-state index is 0.0161. The molecule has 2 N–H and O–H groups in total. The number of hydrogen-bond donors (Lipinski definition) is 2. The standard InChI is InChI=1S/C11H10N2O5/c12-2-1-10(15)11(16)8-3-7(6-14)4-9(5-8)13(17)18/h3-6,10-11,15-16H,1H2. The van der Waals surface area contributed by atoms with Crippen LogP contribution in [0.3, 0.4) is 0 Å². The van der Waals surface area contributed by atoms with E-state index in [1.54, 1.807) is 6.07 Å². The van der Waals surface area contributed by atoms with Crippen LogP contribution in [0.25, 0.3) is 0 Å². The molecule has 0 radical (unpaired) electrons. The zero-order valence-electron chi connectivity index (χ0n) is 9.18. The molecule has 0 aromatic heterocycles. The minimum atomic E-state index is -1.46. The van der Waals surface area contributed by atoms with E-state index in [4.69, 9.17) is 5.26 Å². The summed E-state index contributed by atoms with van der Waals surface area (Å²) >= 11 is 0. The number of aldehydes is 1. The third-order valence-electron chi connectivity index (χ3n) is 2.32. The van der Waals surface area contributed by atoms with E-state index >= 15 is 0 Å². The number of nitro groups is 1. The van der Waals surface area contributed by atoms with Crippen molar-refractivity contribution >= 4 is 12.0 Å². The third-order valence-corrected chi connectivity index (χ3v) is 2.32. The number of hydrogen-bond acceptors (Lipinski definition) is 6. The SMILES string of the molecule is N#CCC(O)C(O)c1cc(C=O)cc([N+](=O)[O-])c1. The fourth-order valence-corrected chi connectivity index (χ4v) is 1.43. The second-order valence-electron chi connectivity index (χ2n) is 3.61. The molecule has 7 heteroatoms. The Kier molecular flexibility index (Phi) is 4.48. The summed E-state index contributed by atoms with van der Waals surface area (Å²) in [6, 6.07) is 5.01. The Morgan fingerprint density at radius 1 is 1.44 bits per heavy atom. The first-order valence-electron chi connectivity index (χ1n) is 4.97. The highest BCUT2D eigenvalue weighted by atomic mass is 16.6. The maximum absolute atomic E-state index is 10.6. The number of carbonyl (C=O) groups is 1. The van der Waals surface area contributed by atoms with Crippen LogP contribution >= 0.6 is 0 Å². The molecule has 94 valence electrons. The largest absolute Gasteiger partial charge is 0.389 e. The first-order valence-corrected chi connectivity index (χ1v) is 4.97. The van der Waals surface area contributed by atoms with Gasteiger partial charge < -0.3 is 10.2 Å². The van der Waals surface area contributed by atoms with Gasteiger partial charge in [-0.05, 0) is 11.6 Å². The lowest BCUT2D eigenvalue weighted by molar-refractivity contribution is -0.385. The van der Waals surface area contributed by atoms with Gasteiger partial charge in [0.05, 0.1) is 23.5 Å². The number of nitriles is 1. The topological polar surface area (TPSA) is 124 Å². The lowest BCUT2D eigenvalue weighted by Gasteiger charge is -2.15. The summed E-state index contributed by atoms with van der Waals surface area (Å²) in [7, 11) is 0. The number of rotatable bonds is 5. The molecular formula is C11H10N2O5. The van der Waals surface area contributed by atoms with Crippen molar-refractivity contribution in [2.75, 3.05) is 0 Å². The van der Waals surface area contributed by atoms with Gasteiger partial charge in [0.15, 0.2) is 0 Å². The lowest BCUT2D eigenvalue weighted by atomic mass is 10.00. The maximum atomic E-state index is 10.6. The van der Waals surface area contributed by atoms with Crippen LogP contribution in [0.4, 0.5) is 5.69 Å². The quantitative estimate of drug-likeness (QED) is 0.450. The fourth-order valence-electron chi connectivity index (χ4n) is 1.43. The van der Waals surface area contributed by atoms with E-state index in [0.717, 1.165) is 12.1 Å². The van der Waals surface area contributed by atoms with Gasteiger partial charge in [-0.25, -0.2) is 0 Å². The van der Waals surface area contributed by atoms with Crippen LogP contribution in [0.15, 0.2) is 18.2 Å². The highest BCUT2D eigenvalue weighted by Crippen LogP contribution is 2.24. The Morgan fingerprint density at radius 2 is 2.11 bits per heavy atom. The molecule has 0 saturated carbocycles. The number of carbonyl (C=O) groups excluding carboxylic acids is 1. The molecule has 0 aliphatic rings. The Morgan fingerprint density at radius 3 is 2.61 bits per heavy atom. The average molecular weight is 250 g/mol. The van der Waals surface area contributed by atoms with Crippen molar-refractivity contribution in [1.82, 2.24) is 0 Å². The number of non-ortho nitro benzene ring substituents is 1. The Bertz CT molecular complexity index is 509. The number of nitrogens with zero attached hydrogens (tertiary/aromatic N) is 2. The van der Waals surface area contributed by atoms with Crippen molar-refractivity contribution < 1.29 is 19.9 Å². The predicted molar refractivity (Wildman–Crippen MR) is 59.7 cm³/mol. The van der Waals surface area contributed by atoms with Gasteiger partial charge in [-0.15, -0.1) is 0 Å².